The summed E-state index contributed by atoms with van der Waals surface area (Å²) in [7, 11) is -1.32. The highest BCUT2D eigenvalue weighted by atomic mass is 79.9. The first-order chi connectivity index (χ1) is 9.17. The predicted molar refractivity (Wildman–Crippen MR) is 84.4 cm³/mol. The van der Waals surface area contributed by atoms with Crippen molar-refractivity contribution in [3.63, 3.8) is 0 Å². The van der Waals surface area contributed by atoms with E-state index in [0.29, 0.717) is 22.4 Å². The Balaban J connectivity index is 2.51. The molecule has 3 N–H and O–H groups in total. The first-order valence-corrected chi connectivity index (χ1v) is 8.74. The molecule has 1 rings (SSSR count). The molecule has 8 heteroatoms. The van der Waals surface area contributed by atoms with Gasteiger partial charge in [0.25, 0.3) is 0 Å². The number of hydrogen-bond donors (Lipinski definition) is 2. The van der Waals surface area contributed by atoms with Crippen molar-refractivity contribution in [2.75, 3.05) is 43.2 Å². The fraction of sp³-hybridized carbons (Fsp3) is 0.417. The van der Waals surface area contributed by atoms with Gasteiger partial charge in [-0.3, -0.25) is 9.69 Å². The quantitative estimate of drug-likeness (QED) is 0.733. The maximum absolute atomic E-state index is 11.8. The van der Waals surface area contributed by atoms with Crippen LogP contribution < -0.4 is 11.1 Å². The number of nitrogen functional groups attached to an aromatic ring is 1. The van der Waals surface area contributed by atoms with Crippen LogP contribution in [0.15, 0.2) is 22.7 Å². The second-order valence-corrected chi connectivity index (χ2v) is 7.77. The van der Waals surface area contributed by atoms with Gasteiger partial charge in [-0.25, -0.2) is 8.42 Å². The molecule has 1 aromatic rings. The van der Waals surface area contributed by atoms with E-state index in [2.05, 4.69) is 21.2 Å². The molecule has 0 unspecified atom stereocenters. The summed E-state index contributed by atoms with van der Waals surface area (Å²) >= 11 is 3.31. The smallest absolute Gasteiger partial charge is 0.238 e. The van der Waals surface area contributed by atoms with Crippen molar-refractivity contribution in [1.29, 1.82) is 0 Å². The molecule has 20 heavy (non-hydrogen) atoms. The van der Waals surface area contributed by atoms with E-state index in [9.17, 15) is 13.2 Å². The molecule has 0 aliphatic carbocycles. The fourth-order valence-electron chi connectivity index (χ4n) is 1.47. The summed E-state index contributed by atoms with van der Waals surface area (Å²) in [5.74, 6) is -0.186. The van der Waals surface area contributed by atoms with Gasteiger partial charge in [-0.1, -0.05) is 0 Å². The minimum atomic E-state index is -3.02. The van der Waals surface area contributed by atoms with Crippen LogP contribution in [0.4, 0.5) is 11.4 Å². The maximum atomic E-state index is 11.8. The van der Waals surface area contributed by atoms with Gasteiger partial charge < -0.3 is 11.1 Å². The minimum Gasteiger partial charge on any atom is -0.399 e. The largest absolute Gasteiger partial charge is 0.399 e. The Labute approximate surface area is 127 Å². The van der Waals surface area contributed by atoms with Crippen LogP contribution >= 0.6 is 15.9 Å². The van der Waals surface area contributed by atoms with Gasteiger partial charge in [0.1, 0.15) is 9.84 Å². The highest BCUT2D eigenvalue weighted by Gasteiger charge is 2.11. The first-order valence-electron chi connectivity index (χ1n) is 5.88. The summed E-state index contributed by atoms with van der Waals surface area (Å²) in [6, 6.07) is 5.09. The average molecular weight is 364 g/mol. The van der Waals surface area contributed by atoms with Crippen molar-refractivity contribution in [2.24, 2.45) is 0 Å². The maximum Gasteiger partial charge on any atom is 0.238 e. The third kappa shape index (κ3) is 6.36. The zero-order valence-electron chi connectivity index (χ0n) is 11.4. The van der Waals surface area contributed by atoms with E-state index in [-0.39, 0.29) is 18.2 Å². The predicted octanol–water partition coefficient (Wildman–Crippen LogP) is 0.946. The van der Waals surface area contributed by atoms with E-state index < -0.39 is 9.84 Å². The molecular formula is C12H18BrN3O3S. The Hall–Kier alpha value is -1.12. The number of amides is 1. The number of nitrogens with one attached hydrogen (secondary N) is 1. The van der Waals surface area contributed by atoms with E-state index >= 15 is 0 Å². The Morgan fingerprint density at radius 2 is 2.10 bits per heavy atom. The van der Waals surface area contributed by atoms with Crippen LogP contribution in [0.5, 0.6) is 0 Å². The van der Waals surface area contributed by atoms with Crippen molar-refractivity contribution in [3.8, 4) is 0 Å². The topological polar surface area (TPSA) is 92.5 Å². The summed E-state index contributed by atoms with van der Waals surface area (Å²) in [6.45, 7) is 0.432. The summed E-state index contributed by atoms with van der Waals surface area (Å²) in [5, 5.41) is 2.73. The minimum absolute atomic E-state index is 0.0301. The number of anilines is 2. The van der Waals surface area contributed by atoms with E-state index in [0.717, 1.165) is 0 Å². The molecule has 0 radical (unpaired) electrons. The molecule has 0 atom stereocenters. The van der Waals surface area contributed by atoms with E-state index in [1.54, 1.807) is 30.1 Å². The van der Waals surface area contributed by atoms with Gasteiger partial charge in [-0.15, -0.1) is 0 Å². The van der Waals surface area contributed by atoms with Crippen LogP contribution in [0, 0.1) is 0 Å². The Morgan fingerprint density at radius 3 is 2.65 bits per heavy atom. The van der Waals surface area contributed by atoms with Gasteiger partial charge in [0, 0.05) is 23.0 Å². The lowest BCUT2D eigenvalue weighted by atomic mass is 10.3. The van der Waals surface area contributed by atoms with Crippen molar-refractivity contribution in [1.82, 2.24) is 4.90 Å². The molecule has 0 spiro atoms. The number of hydrogen-bond acceptors (Lipinski definition) is 5. The summed E-state index contributed by atoms with van der Waals surface area (Å²) in [6.07, 6.45) is 1.17. The summed E-state index contributed by atoms with van der Waals surface area (Å²) in [5.41, 5.74) is 6.83. The molecule has 1 amide bonds. The van der Waals surface area contributed by atoms with Crippen LogP contribution in [0.3, 0.4) is 0 Å². The number of sulfone groups is 1. The monoisotopic (exact) mass is 363 g/mol. The number of benzene rings is 1. The third-order valence-corrected chi connectivity index (χ3v) is 4.10. The molecular weight excluding hydrogens is 346 g/mol. The van der Waals surface area contributed by atoms with Gasteiger partial charge >= 0.3 is 0 Å². The molecule has 0 bridgehead atoms. The Kier molecular flexibility index (Phi) is 5.97. The van der Waals surface area contributed by atoms with Crippen molar-refractivity contribution in [2.45, 2.75) is 0 Å². The number of carbonyl (C=O) groups is 1. The molecule has 1 aromatic carbocycles. The Bertz CT molecular complexity index is 590. The number of halogens is 1. The molecule has 0 fully saturated rings. The van der Waals surface area contributed by atoms with E-state index in [1.165, 1.54) is 6.26 Å². The number of rotatable bonds is 6. The lowest BCUT2D eigenvalue weighted by Crippen LogP contribution is -2.33. The second kappa shape index (κ2) is 7.05. The highest BCUT2D eigenvalue weighted by Crippen LogP contribution is 2.24. The summed E-state index contributed by atoms with van der Waals surface area (Å²) < 4.78 is 22.8. The van der Waals surface area contributed by atoms with Crippen LogP contribution in [0.1, 0.15) is 0 Å². The van der Waals surface area contributed by atoms with Crippen molar-refractivity contribution in [3.05, 3.63) is 22.7 Å². The number of carbonyl (C=O) groups excluding carboxylic acids is 1. The standard InChI is InChI=1S/C12H18BrN3O3S/c1-16(5-6-20(2,18)19)8-12(17)15-11-4-3-9(14)7-10(11)13/h3-4,7H,5-6,8,14H2,1-2H3,(H,15,17). The third-order valence-electron chi connectivity index (χ3n) is 2.52. The normalized spacial score (nSPS) is 11.6. The molecule has 0 aliphatic heterocycles. The summed E-state index contributed by atoms with van der Waals surface area (Å²) in [4.78, 5) is 13.5. The number of nitrogens with two attached hydrogens (primary N) is 1. The van der Waals surface area contributed by atoms with Crippen LogP contribution in [-0.4, -0.2) is 51.4 Å². The van der Waals surface area contributed by atoms with Crippen molar-refractivity contribution >= 4 is 43.0 Å². The zero-order chi connectivity index (χ0) is 15.3. The van der Waals surface area contributed by atoms with Gasteiger partial charge in [0.2, 0.25) is 5.91 Å². The molecule has 0 saturated carbocycles. The van der Waals surface area contributed by atoms with Gasteiger partial charge in [0.15, 0.2) is 0 Å². The first kappa shape index (κ1) is 16.9. The van der Waals surface area contributed by atoms with Crippen LogP contribution in [0.2, 0.25) is 0 Å². The second-order valence-electron chi connectivity index (χ2n) is 4.66. The average Bonchev–Trinajstić information content (AvgIpc) is 2.29. The van der Waals surface area contributed by atoms with Crippen LogP contribution in [0.25, 0.3) is 0 Å². The lowest BCUT2D eigenvalue weighted by molar-refractivity contribution is -0.117. The molecule has 0 aliphatic rings. The number of likely N-dealkylation sites (N-methyl/N-ethyl adjacent to an activating group) is 1. The molecule has 0 heterocycles. The zero-order valence-corrected chi connectivity index (χ0v) is 13.8. The molecule has 6 nitrogen and oxygen atoms in total. The Morgan fingerprint density at radius 1 is 1.45 bits per heavy atom. The highest BCUT2D eigenvalue weighted by molar-refractivity contribution is 9.10. The number of nitrogens with zero attached hydrogens (tertiary/aromatic N) is 1. The molecule has 112 valence electrons. The van der Waals surface area contributed by atoms with Crippen LogP contribution in [-0.2, 0) is 14.6 Å². The SMILES string of the molecule is CN(CCS(C)(=O)=O)CC(=O)Nc1ccc(N)cc1Br. The fourth-order valence-corrected chi connectivity index (χ4v) is 2.61. The lowest BCUT2D eigenvalue weighted by Gasteiger charge is -2.16. The molecule has 0 aromatic heterocycles. The van der Waals surface area contributed by atoms with Gasteiger partial charge in [0.05, 0.1) is 18.0 Å². The van der Waals surface area contributed by atoms with Gasteiger partial charge in [-0.2, -0.15) is 0 Å². The van der Waals surface area contributed by atoms with Crippen molar-refractivity contribution < 1.29 is 13.2 Å². The van der Waals surface area contributed by atoms with Gasteiger partial charge in [-0.05, 0) is 41.2 Å². The van der Waals surface area contributed by atoms with E-state index in [1.807, 2.05) is 0 Å². The molecule has 0 saturated heterocycles. The van der Waals surface area contributed by atoms with E-state index in [4.69, 9.17) is 5.73 Å².